The van der Waals surface area contributed by atoms with E-state index in [1.807, 2.05) is 20.8 Å². The van der Waals surface area contributed by atoms with Crippen molar-refractivity contribution in [3.8, 4) is 0 Å². The SMILES string of the molecule is CCC(CN)CC(=O)N[C@H](CC(C)C)C(=O)O. The van der Waals surface area contributed by atoms with Gasteiger partial charge in [0.15, 0.2) is 0 Å². The third kappa shape index (κ3) is 6.94. The fourth-order valence-electron chi connectivity index (χ4n) is 1.60. The molecule has 1 unspecified atom stereocenters. The van der Waals surface area contributed by atoms with Crippen LogP contribution < -0.4 is 11.1 Å². The summed E-state index contributed by atoms with van der Waals surface area (Å²) in [5.74, 6) is -0.848. The second-order valence-corrected chi connectivity index (χ2v) is 4.80. The lowest BCUT2D eigenvalue weighted by Crippen LogP contribution is -2.42. The van der Waals surface area contributed by atoms with Gasteiger partial charge in [-0.3, -0.25) is 4.79 Å². The van der Waals surface area contributed by atoms with E-state index in [1.54, 1.807) is 0 Å². The summed E-state index contributed by atoms with van der Waals surface area (Å²) in [6.45, 7) is 6.27. The number of hydrogen-bond donors (Lipinski definition) is 3. The van der Waals surface area contributed by atoms with Crippen LogP contribution in [-0.4, -0.2) is 29.6 Å². The predicted octanol–water partition coefficient (Wildman–Crippen LogP) is 0.977. The van der Waals surface area contributed by atoms with Gasteiger partial charge in [0.25, 0.3) is 0 Å². The molecule has 0 bridgehead atoms. The first-order valence-electron chi connectivity index (χ1n) is 6.12. The van der Waals surface area contributed by atoms with Crippen molar-refractivity contribution < 1.29 is 14.7 Å². The van der Waals surface area contributed by atoms with Crippen molar-refractivity contribution in [3.63, 3.8) is 0 Å². The first-order valence-corrected chi connectivity index (χ1v) is 6.12. The number of rotatable bonds is 8. The number of hydrogen-bond acceptors (Lipinski definition) is 3. The van der Waals surface area contributed by atoms with E-state index in [1.165, 1.54) is 0 Å². The Balaban J connectivity index is 4.25. The summed E-state index contributed by atoms with van der Waals surface area (Å²) in [7, 11) is 0. The topological polar surface area (TPSA) is 92.4 Å². The molecule has 17 heavy (non-hydrogen) atoms. The standard InChI is InChI=1S/C12H24N2O3/c1-4-9(7-13)6-11(15)14-10(12(16)17)5-8(2)3/h8-10H,4-7,13H2,1-3H3,(H,14,15)(H,16,17)/t9?,10-/m1/s1. The van der Waals surface area contributed by atoms with Gasteiger partial charge in [0.2, 0.25) is 5.91 Å². The van der Waals surface area contributed by atoms with E-state index in [4.69, 9.17) is 10.8 Å². The fraction of sp³-hybridized carbons (Fsp3) is 0.833. The highest BCUT2D eigenvalue weighted by Gasteiger charge is 2.21. The maximum Gasteiger partial charge on any atom is 0.326 e. The van der Waals surface area contributed by atoms with E-state index < -0.39 is 12.0 Å². The van der Waals surface area contributed by atoms with Crippen molar-refractivity contribution in [2.45, 2.75) is 46.1 Å². The lowest BCUT2D eigenvalue weighted by atomic mass is 10.0. The molecule has 0 aliphatic rings. The highest BCUT2D eigenvalue weighted by atomic mass is 16.4. The van der Waals surface area contributed by atoms with E-state index in [9.17, 15) is 9.59 Å². The Bertz CT molecular complexity index is 250. The van der Waals surface area contributed by atoms with E-state index in [0.29, 0.717) is 19.4 Å². The number of carbonyl (C=O) groups excluding carboxylic acids is 1. The Morgan fingerprint density at radius 1 is 1.35 bits per heavy atom. The minimum absolute atomic E-state index is 0.128. The van der Waals surface area contributed by atoms with Crippen LogP contribution in [0.3, 0.4) is 0 Å². The highest BCUT2D eigenvalue weighted by molar-refractivity contribution is 5.83. The molecule has 0 aliphatic carbocycles. The van der Waals surface area contributed by atoms with Crippen molar-refractivity contribution in [1.29, 1.82) is 0 Å². The average Bonchev–Trinajstić information content (AvgIpc) is 2.24. The molecule has 0 fully saturated rings. The van der Waals surface area contributed by atoms with Gasteiger partial charge in [-0.15, -0.1) is 0 Å². The molecular weight excluding hydrogens is 220 g/mol. The van der Waals surface area contributed by atoms with Gasteiger partial charge >= 0.3 is 5.97 Å². The van der Waals surface area contributed by atoms with E-state index in [-0.39, 0.29) is 17.7 Å². The summed E-state index contributed by atoms with van der Waals surface area (Å²) in [6, 6.07) is -0.794. The first-order chi connectivity index (χ1) is 7.90. The Labute approximate surface area is 103 Å². The zero-order chi connectivity index (χ0) is 13.4. The zero-order valence-electron chi connectivity index (χ0n) is 10.9. The molecular formula is C12H24N2O3. The molecule has 4 N–H and O–H groups in total. The molecule has 0 aromatic rings. The summed E-state index contributed by atoms with van der Waals surface area (Å²) in [5, 5.41) is 11.5. The highest BCUT2D eigenvalue weighted by Crippen LogP contribution is 2.08. The number of nitrogens with two attached hydrogens (primary N) is 1. The van der Waals surface area contributed by atoms with Crippen molar-refractivity contribution in [3.05, 3.63) is 0 Å². The quantitative estimate of drug-likeness (QED) is 0.593. The zero-order valence-corrected chi connectivity index (χ0v) is 10.9. The third-order valence-electron chi connectivity index (χ3n) is 2.73. The van der Waals surface area contributed by atoms with Crippen LogP contribution >= 0.6 is 0 Å². The lowest BCUT2D eigenvalue weighted by molar-refractivity contribution is -0.142. The van der Waals surface area contributed by atoms with Crippen LogP contribution in [-0.2, 0) is 9.59 Å². The van der Waals surface area contributed by atoms with Gasteiger partial charge in [-0.25, -0.2) is 4.79 Å². The molecule has 0 aromatic carbocycles. The van der Waals surface area contributed by atoms with Gasteiger partial charge in [0, 0.05) is 6.42 Å². The lowest BCUT2D eigenvalue weighted by Gasteiger charge is -2.18. The van der Waals surface area contributed by atoms with Crippen LogP contribution in [0, 0.1) is 11.8 Å². The van der Waals surface area contributed by atoms with Crippen molar-refractivity contribution >= 4 is 11.9 Å². The maximum atomic E-state index is 11.6. The first kappa shape index (κ1) is 15.9. The van der Waals surface area contributed by atoms with Crippen LogP contribution in [0.5, 0.6) is 0 Å². The molecule has 5 nitrogen and oxygen atoms in total. The molecule has 0 radical (unpaired) electrons. The fourth-order valence-corrected chi connectivity index (χ4v) is 1.60. The molecule has 0 rings (SSSR count). The summed E-state index contributed by atoms with van der Waals surface area (Å²) in [5.41, 5.74) is 5.51. The molecule has 0 spiro atoms. The number of aliphatic carboxylic acids is 1. The van der Waals surface area contributed by atoms with Gasteiger partial charge in [-0.05, 0) is 24.8 Å². The maximum absolute atomic E-state index is 11.6. The molecule has 0 aromatic heterocycles. The van der Waals surface area contributed by atoms with Gasteiger partial charge in [-0.1, -0.05) is 27.2 Å². The van der Waals surface area contributed by atoms with Crippen LogP contribution in [0.4, 0.5) is 0 Å². The second kappa shape index (κ2) is 8.06. The summed E-state index contributed by atoms with van der Waals surface area (Å²) in [6.07, 6.45) is 1.57. The number of nitrogens with one attached hydrogen (secondary N) is 1. The van der Waals surface area contributed by atoms with Crippen molar-refractivity contribution in [2.75, 3.05) is 6.54 Å². The Kier molecular flexibility index (Phi) is 7.54. The minimum Gasteiger partial charge on any atom is -0.480 e. The number of carboxylic acid groups (broad SMARTS) is 1. The minimum atomic E-state index is -0.979. The van der Waals surface area contributed by atoms with E-state index in [0.717, 1.165) is 6.42 Å². The molecule has 0 saturated carbocycles. The van der Waals surface area contributed by atoms with Gasteiger partial charge < -0.3 is 16.2 Å². The van der Waals surface area contributed by atoms with Crippen molar-refractivity contribution in [2.24, 2.45) is 17.6 Å². The molecule has 0 saturated heterocycles. The van der Waals surface area contributed by atoms with Crippen molar-refractivity contribution in [1.82, 2.24) is 5.32 Å². The Morgan fingerprint density at radius 2 is 1.94 bits per heavy atom. The molecule has 0 aliphatic heterocycles. The Hall–Kier alpha value is -1.10. The van der Waals surface area contributed by atoms with Gasteiger partial charge in [0.05, 0.1) is 0 Å². The van der Waals surface area contributed by atoms with Crippen LogP contribution in [0.1, 0.15) is 40.0 Å². The van der Waals surface area contributed by atoms with E-state index >= 15 is 0 Å². The molecule has 2 atom stereocenters. The number of carbonyl (C=O) groups is 2. The average molecular weight is 244 g/mol. The monoisotopic (exact) mass is 244 g/mol. The Morgan fingerprint density at radius 3 is 2.29 bits per heavy atom. The summed E-state index contributed by atoms with van der Waals surface area (Å²) in [4.78, 5) is 22.6. The normalized spacial score (nSPS) is 14.4. The molecule has 100 valence electrons. The second-order valence-electron chi connectivity index (χ2n) is 4.80. The van der Waals surface area contributed by atoms with E-state index in [2.05, 4.69) is 5.32 Å². The van der Waals surface area contributed by atoms with Crippen LogP contribution in [0.25, 0.3) is 0 Å². The number of amides is 1. The van der Waals surface area contributed by atoms with Crippen LogP contribution in [0.2, 0.25) is 0 Å². The summed E-state index contributed by atoms with van der Waals surface area (Å²) < 4.78 is 0. The molecule has 5 heteroatoms. The molecule has 1 amide bonds. The van der Waals surface area contributed by atoms with Gasteiger partial charge in [-0.2, -0.15) is 0 Å². The summed E-state index contributed by atoms with van der Waals surface area (Å²) >= 11 is 0. The smallest absolute Gasteiger partial charge is 0.326 e. The number of carboxylic acids is 1. The van der Waals surface area contributed by atoms with Crippen LogP contribution in [0.15, 0.2) is 0 Å². The third-order valence-corrected chi connectivity index (χ3v) is 2.73. The molecule has 0 heterocycles. The largest absolute Gasteiger partial charge is 0.480 e. The predicted molar refractivity (Wildman–Crippen MR) is 66.5 cm³/mol. The van der Waals surface area contributed by atoms with Gasteiger partial charge in [0.1, 0.15) is 6.04 Å².